The standard InChI is InChI=1S/C17H17ClN2O2S/c1-10(11-4-6-13(18)7-5-11)19-17(22)14-8-9-15(23-14)20-16(21)12-2-3-12/h4-10,12H,2-3H2,1H3,(H,19,22)(H,20,21)/t10-/m1/s1. The van der Waals surface area contributed by atoms with Gasteiger partial charge in [-0.3, -0.25) is 9.59 Å². The number of hydrogen-bond donors (Lipinski definition) is 2. The third kappa shape index (κ3) is 4.12. The minimum Gasteiger partial charge on any atom is -0.345 e. The lowest BCUT2D eigenvalue weighted by Crippen LogP contribution is -2.25. The first kappa shape index (κ1) is 16.0. The molecule has 2 N–H and O–H groups in total. The van der Waals surface area contributed by atoms with Crippen LogP contribution in [0, 0.1) is 5.92 Å². The van der Waals surface area contributed by atoms with Gasteiger partial charge in [0.05, 0.1) is 15.9 Å². The number of hydrogen-bond acceptors (Lipinski definition) is 3. The maximum atomic E-state index is 12.3. The van der Waals surface area contributed by atoms with Crippen LogP contribution in [0.15, 0.2) is 36.4 Å². The Kier molecular flexibility index (Phi) is 4.68. The molecule has 3 rings (SSSR count). The topological polar surface area (TPSA) is 58.2 Å². The van der Waals surface area contributed by atoms with Crippen LogP contribution in [0.2, 0.25) is 5.02 Å². The van der Waals surface area contributed by atoms with E-state index in [1.807, 2.05) is 19.1 Å². The molecule has 1 fully saturated rings. The molecule has 0 saturated heterocycles. The van der Waals surface area contributed by atoms with E-state index in [9.17, 15) is 9.59 Å². The largest absolute Gasteiger partial charge is 0.345 e. The number of carbonyl (C=O) groups excluding carboxylic acids is 2. The molecule has 6 heteroatoms. The Hall–Kier alpha value is -1.85. The van der Waals surface area contributed by atoms with Gasteiger partial charge in [0.2, 0.25) is 5.91 Å². The summed E-state index contributed by atoms with van der Waals surface area (Å²) in [5.74, 6) is 0.0528. The zero-order valence-corrected chi connectivity index (χ0v) is 14.2. The monoisotopic (exact) mass is 348 g/mol. The van der Waals surface area contributed by atoms with Crippen molar-refractivity contribution in [2.45, 2.75) is 25.8 Å². The lowest BCUT2D eigenvalue weighted by atomic mass is 10.1. The van der Waals surface area contributed by atoms with Crippen molar-refractivity contribution in [2.75, 3.05) is 5.32 Å². The first-order valence-electron chi connectivity index (χ1n) is 7.50. The van der Waals surface area contributed by atoms with E-state index in [2.05, 4.69) is 10.6 Å². The predicted octanol–water partition coefficient (Wildman–Crippen LogP) is 4.24. The molecule has 0 bridgehead atoms. The Morgan fingerprint density at radius 2 is 1.87 bits per heavy atom. The number of nitrogens with one attached hydrogen (secondary N) is 2. The summed E-state index contributed by atoms with van der Waals surface area (Å²) in [5.41, 5.74) is 0.988. The average Bonchev–Trinajstić information content (AvgIpc) is 3.28. The minimum atomic E-state index is -0.149. The fourth-order valence-corrected chi connectivity index (χ4v) is 3.14. The van der Waals surface area contributed by atoms with Crippen LogP contribution in [0.1, 0.15) is 41.0 Å². The number of benzene rings is 1. The molecule has 0 spiro atoms. The van der Waals surface area contributed by atoms with Crippen molar-refractivity contribution in [2.24, 2.45) is 5.92 Å². The highest BCUT2D eigenvalue weighted by Crippen LogP contribution is 2.31. The van der Waals surface area contributed by atoms with E-state index in [4.69, 9.17) is 11.6 Å². The SMILES string of the molecule is C[C@@H](NC(=O)c1ccc(NC(=O)C2CC2)s1)c1ccc(Cl)cc1. The third-order valence-corrected chi connectivity index (χ3v) is 4.99. The van der Waals surface area contributed by atoms with Crippen molar-refractivity contribution in [3.05, 3.63) is 51.9 Å². The fraction of sp³-hybridized carbons (Fsp3) is 0.294. The lowest BCUT2D eigenvalue weighted by Gasteiger charge is -2.13. The molecule has 0 aliphatic heterocycles. The number of rotatable bonds is 5. The second-order valence-corrected chi connectivity index (χ2v) is 7.19. The highest BCUT2D eigenvalue weighted by Gasteiger charge is 2.29. The zero-order valence-electron chi connectivity index (χ0n) is 12.6. The molecule has 1 aromatic carbocycles. The summed E-state index contributed by atoms with van der Waals surface area (Å²) in [4.78, 5) is 24.6. The molecule has 0 radical (unpaired) electrons. The quantitative estimate of drug-likeness (QED) is 0.849. The maximum Gasteiger partial charge on any atom is 0.261 e. The Bertz CT molecular complexity index is 722. The molecule has 1 atom stereocenters. The van der Waals surface area contributed by atoms with Crippen LogP contribution >= 0.6 is 22.9 Å². The van der Waals surface area contributed by atoms with Gasteiger partial charge in [-0.05, 0) is 49.6 Å². The average molecular weight is 349 g/mol. The van der Waals surface area contributed by atoms with Crippen LogP contribution in [0.25, 0.3) is 0 Å². The van der Waals surface area contributed by atoms with Gasteiger partial charge in [0.15, 0.2) is 0 Å². The van der Waals surface area contributed by atoms with E-state index in [1.165, 1.54) is 11.3 Å². The summed E-state index contributed by atoms with van der Waals surface area (Å²) in [6.45, 7) is 1.92. The van der Waals surface area contributed by atoms with E-state index in [0.717, 1.165) is 18.4 Å². The first-order valence-corrected chi connectivity index (χ1v) is 8.69. The van der Waals surface area contributed by atoms with E-state index in [1.54, 1.807) is 24.3 Å². The molecule has 1 aliphatic carbocycles. The highest BCUT2D eigenvalue weighted by molar-refractivity contribution is 7.18. The van der Waals surface area contributed by atoms with Gasteiger partial charge < -0.3 is 10.6 Å². The van der Waals surface area contributed by atoms with Crippen molar-refractivity contribution in [1.82, 2.24) is 5.32 Å². The molecule has 4 nitrogen and oxygen atoms in total. The fourth-order valence-electron chi connectivity index (χ4n) is 2.20. The molecular weight excluding hydrogens is 332 g/mol. The zero-order chi connectivity index (χ0) is 16.4. The second kappa shape index (κ2) is 6.72. The second-order valence-electron chi connectivity index (χ2n) is 5.67. The minimum absolute atomic E-state index is 0.0494. The summed E-state index contributed by atoms with van der Waals surface area (Å²) in [6, 6.07) is 10.8. The molecule has 120 valence electrons. The van der Waals surface area contributed by atoms with Crippen LogP contribution in [0.3, 0.4) is 0 Å². The molecule has 1 heterocycles. The van der Waals surface area contributed by atoms with Crippen LogP contribution in [0.5, 0.6) is 0 Å². The number of thiophene rings is 1. The van der Waals surface area contributed by atoms with Crippen molar-refractivity contribution in [3.8, 4) is 0 Å². The van der Waals surface area contributed by atoms with Crippen LogP contribution in [-0.2, 0) is 4.79 Å². The molecule has 1 aromatic heterocycles. The van der Waals surface area contributed by atoms with Gasteiger partial charge >= 0.3 is 0 Å². The first-order chi connectivity index (χ1) is 11.0. The summed E-state index contributed by atoms with van der Waals surface area (Å²) in [7, 11) is 0. The van der Waals surface area contributed by atoms with Gasteiger partial charge in [0.1, 0.15) is 0 Å². The van der Waals surface area contributed by atoms with Gasteiger partial charge in [-0.2, -0.15) is 0 Å². The Balaban J connectivity index is 1.60. The number of carbonyl (C=O) groups is 2. The van der Waals surface area contributed by atoms with E-state index in [0.29, 0.717) is 14.9 Å². The van der Waals surface area contributed by atoms with Crippen molar-refractivity contribution >= 4 is 39.8 Å². The summed E-state index contributed by atoms with van der Waals surface area (Å²) >= 11 is 7.16. The Labute approximate surface area is 143 Å². The van der Waals surface area contributed by atoms with Gasteiger partial charge in [-0.25, -0.2) is 0 Å². The van der Waals surface area contributed by atoms with E-state index in [-0.39, 0.29) is 23.8 Å². The van der Waals surface area contributed by atoms with Crippen molar-refractivity contribution < 1.29 is 9.59 Å². The van der Waals surface area contributed by atoms with E-state index < -0.39 is 0 Å². The van der Waals surface area contributed by atoms with Gasteiger partial charge in [-0.15, -0.1) is 11.3 Å². The van der Waals surface area contributed by atoms with Gasteiger partial charge in [-0.1, -0.05) is 23.7 Å². The van der Waals surface area contributed by atoms with Crippen LogP contribution < -0.4 is 10.6 Å². The predicted molar refractivity (Wildman–Crippen MR) is 93.0 cm³/mol. The summed E-state index contributed by atoms with van der Waals surface area (Å²) in [6.07, 6.45) is 1.92. The van der Waals surface area contributed by atoms with Crippen molar-refractivity contribution in [3.63, 3.8) is 0 Å². The van der Waals surface area contributed by atoms with Gasteiger partial charge in [0.25, 0.3) is 5.91 Å². The summed E-state index contributed by atoms with van der Waals surface area (Å²) < 4.78 is 0. The highest BCUT2D eigenvalue weighted by atomic mass is 35.5. The van der Waals surface area contributed by atoms with E-state index >= 15 is 0 Å². The van der Waals surface area contributed by atoms with Crippen LogP contribution in [0.4, 0.5) is 5.00 Å². The van der Waals surface area contributed by atoms with Crippen LogP contribution in [-0.4, -0.2) is 11.8 Å². The molecular formula is C17H17ClN2O2S. The van der Waals surface area contributed by atoms with Crippen molar-refractivity contribution in [1.29, 1.82) is 0 Å². The smallest absolute Gasteiger partial charge is 0.261 e. The normalized spacial score (nSPS) is 15.0. The lowest BCUT2D eigenvalue weighted by molar-refractivity contribution is -0.117. The third-order valence-electron chi connectivity index (χ3n) is 3.74. The molecule has 1 saturated carbocycles. The molecule has 2 aromatic rings. The molecule has 1 aliphatic rings. The Morgan fingerprint density at radius 3 is 2.52 bits per heavy atom. The number of amides is 2. The maximum absolute atomic E-state index is 12.3. The molecule has 2 amide bonds. The molecule has 0 unspecified atom stereocenters. The Morgan fingerprint density at radius 1 is 1.17 bits per heavy atom. The number of halogens is 1. The summed E-state index contributed by atoms with van der Waals surface area (Å²) in [5, 5.41) is 7.19. The molecule has 23 heavy (non-hydrogen) atoms. The number of anilines is 1. The van der Waals surface area contributed by atoms with Gasteiger partial charge in [0, 0.05) is 10.9 Å².